The maximum atomic E-state index is 14.2. The Morgan fingerprint density at radius 3 is 2.25 bits per heavy atom. The van der Waals surface area contributed by atoms with E-state index >= 15 is 0 Å². The molecule has 1 N–H and O–H groups in total. The first-order chi connectivity index (χ1) is 5.71. The van der Waals surface area contributed by atoms with Gasteiger partial charge in [0.05, 0.1) is 0 Å². The highest BCUT2D eigenvalue weighted by Gasteiger charge is 2.44. The lowest BCUT2D eigenvalue weighted by Crippen LogP contribution is -2.57. The van der Waals surface area contributed by atoms with Gasteiger partial charge in [-0.15, -0.1) is 0 Å². The predicted molar refractivity (Wildman–Crippen MR) is 47.9 cm³/mol. The normalized spacial score (nSPS) is 36.0. The first-order valence-corrected chi connectivity index (χ1v) is 5.13. The van der Waals surface area contributed by atoms with Crippen molar-refractivity contribution in [2.75, 3.05) is 6.54 Å². The van der Waals surface area contributed by atoms with Crippen LogP contribution in [0.4, 0.5) is 4.39 Å². The van der Waals surface area contributed by atoms with Crippen LogP contribution in [0.2, 0.25) is 0 Å². The van der Waals surface area contributed by atoms with Crippen molar-refractivity contribution in [1.29, 1.82) is 0 Å². The second-order valence-corrected chi connectivity index (χ2v) is 4.43. The summed E-state index contributed by atoms with van der Waals surface area (Å²) in [6.45, 7) is 2.80. The fourth-order valence-corrected chi connectivity index (χ4v) is 2.55. The summed E-state index contributed by atoms with van der Waals surface area (Å²) in [5.41, 5.74) is -0.936. The van der Waals surface area contributed by atoms with Crippen molar-refractivity contribution in [3.63, 3.8) is 0 Å². The number of nitrogens with one attached hydrogen (secondary N) is 1. The standard InChI is InChI=1S/C10H18FN/c1-10(11,9-6-7-12-9)8-4-2-3-5-8/h8-9,12H,2-7H2,1H3. The largest absolute Gasteiger partial charge is 0.311 e. The average molecular weight is 171 g/mol. The molecule has 2 unspecified atom stereocenters. The van der Waals surface area contributed by atoms with Crippen molar-refractivity contribution < 1.29 is 4.39 Å². The number of rotatable bonds is 2. The van der Waals surface area contributed by atoms with Gasteiger partial charge >= 0.3 is 0 Å². The molecule has 1 saturated heterocycles. The van der Waals surface area contributed by atoms with Gasteiger partial charge in [-0.05, 0) is 38.6 Å². The molecular weight excluding hydrogens is 153 g/mol. The zero-order valence-electron chi connectivity index (χ0n) is 7.78. The first-order valence-electron chi connectivity index (χ1n) is 5.13. The monoisotopic (exact) mass is 171 g/mol. The van der Waals surface area contributed by atoms with E-state index in [1.807, 2.05) is 0 Å². The minimum Gasteiger partial charge on any atom is -0.311 e. The summed E-state index contributed by atoms with van der Waals surface area (Å²) in [6.07, 6.45) is 5.70. The van der Waals surface area contributed by atoms with E-state index in [2.05, 4.69) is 5.32 Å². The van der Waals surface area contributed by atoms with Gasteiger partial charge in [0.25, 0.3) is 0 Å². The number of alkyl halides is 1. The Morgan fingerprint density at radius 2 is 1.83 bits per heavy atom. The lowest BCUT2D eigenvalue weighted by Gasteiger charge is -2.41. The zero-order chi connectivity index (χ0) is 8.60. The molecule has 70 valence electrons. The van der Waals surface area contributed by atoms with Gasteiger partial charge in [0.15, 0.2) is 0 Å². The summed E-state index contributed by atoms with van der Waals surface area (Å²) in [4.78, 5) is 0. The van der Waals surface area contributed by atoms with Crippen LogP contribution >= 0.6 is 0 Å². The van der Waals surface area contributed by atoms with Gasteiger partial charge in [0, 0.05) is 6.04 Å². The Hall–Kier alpha value is -0.110. The molecule has 1 heterocycles. The topological polar surface area (TPSA) is 12.0 Å². The molecule has 2 fully saturated rings. The number of halogens is 1. The Morgan fingerprint density at radius 1 is 1.25 bits per heavy atom. The molecule has 0 aromatic rings. The number of hydrogen-bond acceptors (Lipinski definition) is 1. The fourth-order valence-electron chi connectivity index (χ4n) is 2.55. The van der Waals surface area contributed by atoms with E-state index in [1.54, 1.807) is 6.92 Å². The van der Waals surface area contributed by atoms with Crippen LogP contribution in [0.15, 0.2) is 0 Å². The van der Waals surface area contributed by atoms with Crippen molar-refractivity contribution in [3.8, 4) is 0 Å². The van der Waals surface area contributed by atoms with Crippen LogP contribution in [-0.4, -0.2) is 18.3 Å². The smallest absolute Gasteiger partial charge is 0.126 e. The third-order valence-corrected chi connectivity index (χ3v) is 3.66. The Labute approximate surface area is 73.7 Å². The molecule has 0 aromatic heterocycles. The van der Waals surface area contributed by atoms with Gasteiger partial charge in [-0.1, -0.05) is 12.8 Å². The van der Waals surface area contributed by atoms with Gasteiger partial charge in [0.1, 0.15) is 5.67 Å². The molecule has 1 nitrogen and oxygen atoms in total. The Bertz CT molecular complexity index is 157. The highest BCUT2D eigenvalue weighted by atomic mass is 19.1. The second kappa shape index (κ2) is 2.99. The highest BCUT2D eigenvalue weighted by Crippen LogP contribution is 2.40. The molecule has 0 bridgehead atoms. The molecule has 1 saturated carbocycles. The Balaban J connectivity index is 1.97. The lowest BCUT2D eigenvalue weighted by molar-refractivity contribution is 0.0294. The highest BCUT2D eigenvalue weighted by molar-refractivity contribution is 4.99. The van der Waals surface area contributed by atoms with Gasteiger partial charge in [-0.25, -0.2) is 4.39 Å². The third-order valence-electron chi connectivity index (χ3n) is 3.66. The minimum absolute atomic E-state index is 0.153. The molecule has 2 atom stereocenters. The summed E-state index contributed by atoms with van der Waals surface area (Å²) in [7, 11) is 0. The average Bonchev–Trinajstić information content (AvgIpc) is 2.30. The van der Waals surface area contributed by atoms with Gasteiger partial charge in [0.2, 0.25) is 0 Å². The van der Waals surface area contributed by atoms with E-state index in [4.69, 9.17) is 0 Å². The van der Waals surface area contributed by atoms with Gasteiger partial charge in [-0.3, -0.25) is 0 Å². The molecule has 1 aliphatic carbocycles. The van der Waals surface area contributed by atoms with Crippen LogP contribution in [0.3, 0.4) is 0 Å². The van der Waals surface area contributed by atoms with Crippen LogP contribution in [0.1, 0.15) is 39.0 Å². The van der Waals surface area contributed by atoms with Crippen LogP contribution in [0.5, 0.6) is 0 Å². The predicted octanol–water partition coefficient (Wildman–Crippen LogP) is 2.27. The van der Waals surface area contributed by atoms with Crippen molar-refractivity contribution >= 4 is 0 Å². The van der Waals surface area contributed by atoms with Crippen molar-refractivity contribution in [3.05, 3.63) is 0 Å². The summed E-state index contributed by atoms with van der Waals surface area (Å²) in [6, 6.07) is 0.153. The summed E-state index contributed by atoms with van der Waals surface area (Å²) < 4.78 is 14.2. The summed E-state index contributed by atoms with van der Waals surface area (Å²) in [5, 5.41) is 3.19. The van der Waals surface area contributed by atoms with Crippen LogP contribution < -0.4 is 5.32 Å². The SMILES string of the molecule is CC(F)(C1CCCC1)C1CCN1. The molecular formula is C10H18FN. The van der Waals surface area contributed by atoms with Crippen LogP contribution in [0, 0.1) is 5.92 Å². The van der Waals surface area contributed by atoms with E-state index in [9.17, 15) is 4.39 Å². The lowest BCUT2D eigenvalue weighted by atomic mass is 9.79. The number of hydrogen-bond donors (Lipinski definition) is 1. The van der Waals surface area contributed by atoms with E-state index in [-0.39, 0.29) is 6.04 Å². The molecule has 2 heteroatoms. The minimum atomic E-state index is -0.936. The van der Waals surface area contributed by atoms with Crippen LogP contribution in [0.25, 0.3) is 0 Å². The third kappa shape index (κ3) is 1.26. The molecule has 0 amide bonds. The molecule has 0 aromatic carbocycles. The quantitative estimate of drug-likeness (QED) is 0.672. The van der Waals surface area contributed by atoms with E-state index < -0.39 is 5.67 Å². The van der Waals surface area contributed by atoms with Crippen molar-refractivity contribution in [2.24, 2.45) is 5.92 Å². The van der Waals surface area contributed by atoms with E-state index in [1.165, 1.54) is 12.8 Å². The summed E-state index contributed by atoms with van der Waals surface area (Å²) >= 11 is 0. The molecule has 0 spiro atoms. The van der Waals surface area contributed by atoms with Gasteiger partial charge < -0.3 is 5.32 Å². The maximum absolute atomic E-state index is 14.2. The second-order valence-electron chi connectivity index (χ2n) is 4.43. The molecule has 2 aliphatic rings. The molecule has 1 aliphatic heterocycles. The molecule has 0 radical (unpaired) electrons. The van der Waals surface area contributed by atoms with Gasteiger partial charge in [-0.2, -0.15) is 0 Å². The van der Waals surface area contributed by atoms with Crippen molar-refractivity contribution in [1.82, 2.24) is 5.32 Å². The first kappa shape index (κ1) is 8.49. The molecule has 12 heavy (non-hydrogen) atoms. The van der Waals surface area contributed by atoms with E-state index in [0.717, 1.165) is 25.8 Å². The van der Waals surface area contributed by atoms with E-state index in [0.29, 0.717) is 5.92 Å². The fraction of sp³-hybridized carbons (Fsp3) is 1.00. The van der Waals surface area contributed by atoms with Crippen LogP contribution in [-0.2, 0) is 0 Å². The van der Waals surface area contributed by atoms with Crippen molar-refractivity contribution in [2.45, 2.75) is 50.7 Å². The zero-order valence-corrected chi connectivity index (χ0v) is 7.78. The summed E-state index contributed by atoms with van der Waals surface area (Å²) in [5.74, 6) is 0.329. The molecule has 2 rings (SSSR count). The maximum Gasteiger partial charge on any atom is 0.126 e. The Kier molecular flexibility index (Phi) is 2.11.